The molecule has 0 spiro atoms. The number of nitrogens with zero attached hydrogens (tertiary/aromatic N) is 2. The smallest absolute Gasteiger partial charge is 0.326 e. The number of carbonyl (C=O) groups excluding carboxylic acids is 3. The zero-order valence-electron chi connectivity index (χ0n) is 20.1. The summed E-state index contributed by atoms with van der Waals surface area (Å²) in [5, 5.41) is 0.203. The first-order valence-corrected chi connectivity index (χ1v) is 12.5. The standard InChI is InChI=1S/C27H25ClN2O5S/c1-4-34-25(31)15-29-26(32)24(36-27(29)33)14-20-13-17(2)30(18(20)3)22-9-11-23(12-10-22)35-16-19-5-7-21(28)8-6-19/h5-14H,4,15-16H2,1-3H3/b24-14+. The van der Waals surface area contributed by atoms with E-state index in [1.807, 2.05) is 68.4 Å². The second-order valence-corrected chi connectivity index (χ2v) is 9.57. The number of amides is 2. The lowest BCUT2D eigenvalue weighted by molar-refractivity contribution is -0.145. The molecule has 0 atom stereocenters. The minimum absolute atomic E-state index is 0.187. The van der Waals surface area contributed by atoms with E-state index in [-0.39, 0.29) is 18.1 Å². The van der Waals surface area contributed by atoms with Crippen LogP contribution in [0.25, 0.3) is 11.8 Å². The predicted molar refractivity (Wildman–Crippen MR) is 140 cm³/mol. The Morgan fingerprint density at radius 3 is 2.42 bits per heavy atom. The van der Waals surface area contributed by atoms with Gasteiger partial charge in [0.1, 0.15) is 18.9 Å². The first-order valence-electron chi connectivity index (χ1n) is 11.3. The van der Waals surface area contributed by atoms with Crippen molar-refractivity contribution in [3.8, 4) is 11.4 Å². The Bertz CT molecular complexity index is 1330. The van der Waals surface area contributed by atoms with Gasteiger partial charge in [-0.1, -0.05) is 23.7 Å². The van der Waals surface area contributed by atoms with Crippen molar-refractivity contribution in [3.63, 3.8) is 0 Å². The van der Waals surface area contributed by atoms with Crippen molar-refractivity contribution >= 4 is 46.6 Å². The molecular formula is C27H25ClN2O5S. The van der Waals surface area contributed by atoms with Gasteiger partial charge < -0.3 is 14.0 Å². The summed E-state index contributed by atoms with van der Waals surface area (Å²) in [7, 11) is 0. The highest BCUT2D eigenvalue weighted by Gasteiger charge is 2.36. The van der Waals surface area contributed by atoms with Crippen LogP contribution in [0.1, 0.15) is 29.4 Å². The summed E-state index contributed by atoms with van der Waals surface area (Å²) in [6.45, 7) is 5.83. The Labute approximate surface area is 218 Å². The third kappa shape index (κ3) is 5.66. The molecule has 0 aliphatic carbocycles. The number of aryl methyl sites for hydroxylation is 1. The summed E-state index contributed by atoms with van der Waals surface area (Å²) in [5.74, 6) is -0.364. The largest absolute Gasteiger partial charge is 0.489 e. The van der Waals surface area contributed by atoms with Gasteiger partial charge in [-0.25, -0.2) is 0 Å². The van der Waals surface area contributed by atoms with Crippen molar-refractivity contribution in [2.75, 3.05) is 13.2 Å². The molecule has 36 heavy (non-hydrogen) atoms. The molecule has 2 amide bonds. The van der Waals surface area contributed by atoms with Gasteiger partial charge in [0.2, 0.25) is 0 Å². The summed E-state index contributed by atoms with van der Waals surface area (Å²) in [6.07, 6.45) is 1.69. The summed E-state index contributed by atoms with van der Waals surface area (Å²) in [5.41, 5.74) is 4.67. The zero-order valence-corrected chi connectivity index (χ0v) is 21.7. The molecule has 0 N–H and O–H groups in total. The Morgan fingerprint density at radius 1 is 1.06 bits per heavy atom. The monoisotopic (exact) mass is 524 g/mol. The van der Waals surface area contributed by atoms with Crippen LogP contribution in [-0.4, -0.2) is 39.7 Å². The average molecular weight is 525 g/mol. The molecule has 1 fully saturated rings. The molecule has 3 aromatic rings. The van der Waals surface area contributed by atoms with Crippen molar-refractivity contribution in [2.45, 2.75) is 27.4 Å². The van der Waals surface area contributed by atoms with Gasteiger partial charge in [0.05, 0.1) is 11.5 Å². The molecule has 2 heterocycles. The third-order valence-electron chi connectivity index (χ3n) is 5.64. The van der Waals surface area contributed by atoms with Gasteiger partial charge in [-0.2, -0.15) is 0 Å². The van der Waals surface area contributed by atoms with Crippen molar-refractivity contribution in [1.29, 1.82) is 0 Å². The molecule has 186 valence electrons. The fourth-order valence-corrected chi connectivity index (χ4v) is 4.84. The molecule has 9 heteroatoms. The van der Waals surface area contributed by atoms with E-state index in [1.165, 1.54) is 0 Å². The molecule has 0 bridgehead atoms. The van der Waals surface area contributed by atoms with Crippen LogP contribution in [0.2, 0.25) is 5.02 Å². The summed E-state index contributed by atoms with van der Waals surface area (Å²) < 4.78 is 12.8. The van der Waals surface area contributed by atoms with Gasteiger partial charge >= 0.3 is 5.97 Å². The Balaban J connectivity index is 1.49. The first kappa shape index (κ1) is 25.6. The number of esters is 1. The predicted octanol–water partition coefficient (Wildman–Crippen LogP) is 5.93. The fraction of sp³-hybridized carbons (Fsp3) is 0.222. The van der Waals surface area contributed by atoms with Crippen LogP contribution in [-0.2, 0) is 20.9 Å². The van der Waals surface area contributed by atoms with Gasteiger partial charge in [0, 0.05) is 22.1 Å². The van der Waals surface area contributed by atoms with Crippen LogP contribution in [0, 0.1) is 13.8 Å². The van der Waals surface area contributed by atoms with Gasteiger partial charge in [-0.15, -0.1) is 0 Å². The number of benzene rings is 2. The van der Waals surface area contributed by atoms with E-state index in [4.69, 9.17) is 21.1 Å². The lowest BCUT2D eigenvalue weighted by atomic mass is 10.2. The molecule has 2 aromatic carbocycles. The average Bonchev–Trinajstić information content (AvgIpc) is 3.28. The van der Waals surface area contributed by atoms with E-state index in [0.29, 0.717) is 11.6 Å². The number of ether oxygens (including phenoxy) is 2. The SMILES string of the molecule is CCOC(=O)CN1C(=O)S/C(=C/c2cc(C)n(-c3ccc(OCc4ccc(Cl)cc4)cc3)c2C)C1=O. The van der Waals surface area contributed by atoms with E-state index in [9.17, 15) is 14.4 Å². The first-order chi connectivity index (χ1) is 17.3. The molecule has 4 rings (SSSR count). The minimum Gasteiger partial charge on any atom is -0.489 e. The second kappa shape index (κ2) is 11.1. The van der Waals surface area contributed by atoms with Crippen LogP contribution in [0.15, 0.2) is 59.5 Å². The fourth-order valence-electron chi connectivity index (χ4n) is 3.88. The second-order valence-electron chi connectivity index (χ2n) is 8.14. The molecule has 0 radical (unpaired) electrons. The van der Waals surface area contributed by atoms with Crippen molar-refractivity contribution < 1.29 is 23.9 Å². The number of carbonyl (C=O) groups is 3. The number of thioether (sulfide) groups is 1. The quantitative estimate of drug-likeness (QED) is 0.268. The van der Waals surface area contributed by atoms with E-state index in [1.54, 1.807) is 13.0 Å². The maximum atomic E-state index is 12.7. The van der Waals surface area contributed by atoms with Crippen molar-refractivity contribution in [3.05, 3.63) is 87.0 Å². The lowest BCUT2D eigenvalue weighted by Gasteiger charge is -2.12. The van der Waals surface area contributed by atoms with Crippen LogP contribution in [0.4, 0.5) is 4.79 Å². The highest BCUT2D eigenvalue weighted by molar-refractivity contribution is 8.18. The minimum atomic E-state index is -0.611. The number of hydrogen-bond donors (Lipinski definition) is 0. The number of aromatic nitrogens is 1. The van der Waals surface area contributed by atoms with Gasteiger partial charge in [-0.3, -0.25) is 19.3 Å². The molecular weight excluding hydrogens is 500 g/mol. The number of hydrogen-bond acceptors (Lipinski definition) is 6. The highest BCUT2D eigenvalue weighted by Crippen LogP contribution is 2.34. The van der Waals surface area contributed by atoms with Crippen LogP contribution in [0.5, 0.6) is 5.75 Å². The Hall–Kier alpha value is -3.49. The Morgan fingerprint density at radius 2 is 1.75 bits per heavy atom. The molecule has 0 saturated carbocycles. The summed E-state index contributed by atoms with van der Waals surface area (Å²) in [4.78, 5) is 38.0. The normalized spacial score (nSPS) is 14.6. The Kier molecular flexibility index (Phi) is 7.86. The summed E-state index contributed by atoms with van der Waals surface area (Å²) in [6, 6.07) is 17.2. The van der Waals surface area contributed by atoms with Gasteiger partial charge in [-0.05, 0) is 92.2 Å². The molecule has 1 saturated heterocycles. The number of halogens is 1. The molecule has 1 aliphatic rings. The van der Waals surface area contributed by atoms with E-state index < -0.39 is 17.1 Å². The molecule has 1 aliphatic heterocycles. The lowest BCUT2D eigenvalue weighted by Crippen LogP contribution is -2.34. The third-order valence-corrected chi connectivity index (χ3v) is 6.80. The highest BCUT2D eigenvalue weighted by atomic mass is 35.5. The van der Waals surface area contributed by atoms with Crippen molar-refractivity contribution in [1.82, 2.24) is 9.47 Å². The number of imide groups is 1. The van der Waals surface area contributed by atoms with Crippen LogP contribution < -0.4 is 4.74 Å². The maximum Gasteiger partial charge on any atom is 0.326 e. The van der Waals surface area contributed by atoms with E-state index in [0.717, 1.165) is 50.6 Å². The number of rotatable bonds is 8. The zero-order chi connectivity index (χ0) is 25.8. The van der Waals surface area contributed by atoms with E-state index >= 15 is 0 Å². The molecule has 7 nitrogen and oxygen atoms in total. The van der Waals surface area contributed by atoms with Crippen LogP contribution in [0.3, 0.4) is 0 Å². The van der Waals surface area contributed by atoms with Gasteiger partial charge in [0.25, 0.3) is 11.1 Å². The maximum absolute atomic E-state index is 12.7. The summed E-state index contributed by atoms with van der Waals surface area (Å²) >= 11 is 6.75. The van der Waals surface area contributed by atoms with Gasteiger partial charge in [0.15, 0.2) is 0 Å². The molecule has 0 unspecified atom stereocenters. The van der Waals surface area contributed by atoms with Crippen LogP contribution >= 0.6 is 23.4 Å². The topological polar surface area (TPSA) is 77.8 Å². The van der Waals surface area contributed by atoms with E-state index in [2.05, 4.69) is 4.57 Å². The molecule has 1 aromatic heterocycles. The van der Waals surface area contributed by atoms with Crippen molar-refractivity contribution in [2.24, 2.45) is 0 Å².